The predicted molar refractivity (Wildman–Crippen MR) is 158 cm³/mol. The molecule has 4 aromatic rings. The Morgan fingerprint density at radius 1 is 1.05 bits per heavy atom. The van der Waals surface area contributed by atoms with E-state index in [1.165, 1.54) is 6.08 Å². The first-order valence-electron chi connectivity index (χ1n) is 13.7. The second kappa shape index (κ2) is 11.0. The molecule has 1 N–H and O–H groups in total. The summed E-state index contributed by atoms with van der Waals surface area (Å²) in [6.45, 7) is 12.6. The van der Waals surface area contributed by atoms with Gasteiger partial charge in [0.05, 0.1) is 5.52 Å². The summed E-state index contributed by atoms with van der Waals surface area (Å²) in [6, 6.07) is 9.63. The quantitative estimate of drug-likeness (QED) is 0.286. The van der Waals surface area contributed by atoms with Gasteiger partial charge in [0.1, 0.15) is 11.3 Å². The van der Waals surface area contributed by atoms with Gasteiger partial charge < -0.3 is 14.5 Å². The lowest BCUT2D eigenvalue weighted by Crippen LogP contribution is -2.37. The van der Waals surface area contributed by atoms with E-state index in [4.69, 9.17) is 9.63 Å². The molecule has 0 bridgehead atoms. The number of carboxylic acids is 1. The Bertz CT molecular complexity index is 1710. The van der Waals surface area contributed by atoms with Crippen LogP contribution in [0.1, 0.15) is 62.7 Å². The number of carbonyl (C=O) groups excluding carboxylic acids is 2. The van der Waals surface area contributed by atoms with Gasteiger partial charge >= 0.3 is 5.97 Å². The van der Waals surface area contributed by atoms with E-state index in [2.05, 4.69) is 23.9 Å². The Hall–Kier alpha value is -4.72. The Balaban J connectivity index is 1.67. The number of likely N-dealkylation sites (tertiary alicyclic amines) is 1. The van der Waals surface area contributed by atoms with Crippen LogP contribution in [0.15, 0.2) is 59.8 Å². The molecule has 1 aliphatic rings. The minimum atomic E-state index is -1.04. The van der Waals surface area contributed by atoms with Crippen LogP contribution in [0, 0.1) is 27.7 Å². The molecule has 210 valence electrons. The molecule has 1 amide bonds. The number of carbonyl (C=O) groups is 3. The van der Waals surface area contributed by atoms with Gasteiger partial charge in [0, 0.05) is 42.2 Å². The maximum atomic E-state index is 14.6. The summed E-state index contributed by atoms with van der Waals surface area (Å²) in [7, 11) is 0. The topological polar surface area (TPSA) is 106 Å². The molecule has 41 heavy (non-hydrogen) atoms. The zero-order chi connectivity index (χ0) is 29.4. The van der Waals surface area contributed by atoms with Crippen molar-refractivity contribution in [2.24, 2.45) is 0 Å². The van der Waals surface area contributed by atoms with Crippen molar-refractivity contribution in [1.29, 1.82) is 0 Å². The van der Waals surface area contributed by atoms with Crippen molar-refractivity contribution in [3.05, 3.63) is 94.4 Å². The first kappa shape index (κ1) is 27.8. The highest BCUT2D eigenvalue weighted by Gasteiger charge is 2.34. The molecular weight excluding hydrogens is 518 g/mol. The van der Waals surface area contributed by atoms with Crippen molar-refractivity contribution in [3.8, 4) is 11.3 Å². The molecule has 8 heteroatoms. The average Bonchev–Trinajstić information content (AvgIpc) is 3.52. The van der Waals surface area contributed by atoms with E-state index in [0.717, 1.165) is 39.3 Å². The van der Waals surface area contributed by atoms with Gasteiger partial charge in [-0.3, -0.25) is 14.2 Å². The number of benzene rings is 2. The zero-order valence-electron chi connectivity index (χ0n) is 23.7. The van der Waals surface area contributed by atoms with Crippen LogP contribution in [0.3, 0.4) is 0 Å². The largest absolute Gasteiger partial charge is 0.478 e. The number of fused-ring (bicyclic) bond motifs is 1. The van der Waals surface area contributed by atoms with Gasteiger partial charge in [0.2, 0.25) is 5.91 Å². The van der Waals surface area contributed by atoms with Gasteiger partial charge in [-0.1, -0.05) is 41.6 Å². The smallest absolute Gasteiger partial charge is 0.328 e. The number of nitrogens with zero attached hydrogens (tertiary/aromatic N) is 3. The van der Waals surface area contributed by atoms with Crippen molar-refractivity contribution >= 4 is 34.8 Å². The number of rotatable bonds is 6. The van der Waals surface area contributed by atoms with Crippen molar-refractivity contribution in [2.45, 2.75) is 46.5 Å². The van der Waals surface area contributed by atoms with Crippen LogP contribution in [-0.2, 0) is 9.59 Å². The molecule has 5 rings (SSSR count). The summed E-state index contributed by atoms with van der Waals surface area (Å²) in [5.41, 5.74) is 7.13. The lowest BCUT2D eigenvalue weighted by molar-refractivity contribution is -0.131. The van der Waals surface area contributed by atoms with Crippen molar-refractivity contribution in [1.82, 2.24) is 14.6 Å². The molecule has 1 saturated heterocycles. The van der Waals surface area contributed by atoms with Gasteiger partial charge in [-0.15, -0.1) is 0 Å². The van der Waals surface area contributed by atoms with Crippen LogP contribution in [0.25, 0.3) is 28.2 Å². The summed E-state index contributed by atoms with van der Waals surface area (Å²) in [5.74, 6) is -0.981. The molecule has 0 saturated carbocycles. The zero-order valence-corrected chi connectivity index (χ0v) is 23.7. The highest BCUT2D eigenvalue weighted by Crippen LogP contribution is 2.39. The molecule has 0 unspecified atom stereocenters. The van der Waals surface area contributed by atoms with E-state index in [-0.39, 0.29) is 17.7 Å². The molecule has 8 nitrogen and oxygen atoms in total. The Morgan fingerprint density at radius 2 is 1.73 bits per heavy atom. The van der Waals surface area contributed by atoms with Crippen molar-refractivity contribution in [3.63, 3.8) is 0 Å². The van der Waals surface area contributed by atoms with Gasteiger partial charge in [-0.25, -0.2) is 4.79 Å². The lowest BCUT2D eigenvalue weighted by atomic mass is 9.88. The van der Waals surface area contributed by atoms with Crippen LogP contribution in [0.2, 0.25) is 0 Å². The first-order valence-corrected chi connectivity index (χ1v) is 13.7. The Morgan fingerprint density at radius 3 is 2.37 bits per heavy atom. The minimum absolute atomic E-state index is 0.0906. The molecule has 0 aliphatic carbocycles. The van der Waals surface area contributed by atoms with Crippen LogP contribution < -0.4 is 0 Å². The second-order valence-corrected chi connectivity index (χ2v) is 10.7. The molecule has 1 aliphatic heterocycles. The number of aryl methyl sites for hydroxylation is 4. The number of amides is 1. The van der Waals surface area contributed by atoms with Gasteiger partial charge in [0.25, 0.3) is 5.91 Å². The summed E-state index contributed by atoms with van der Waals surface area (Å²) < 4.78 is 7.63. The van der Waals surface area contributed by atoms with Crippen LogP contribution >= 0.6 is 0 Å². The molecule has 2 aromatic heterocycles. The summed E-state index contributed by atoms with van der Waals surface area (Å²) in [5, 5.41) is 14.5. The van der Waals surface area contributed by atoms with Crippen molar-refractivity contribution < 1.29 is 24.0 Å². The van der Waals surface area contributed by atoms with Crippen LogP contribution in [-0.4, -0.2) is 50.6 Å². The summed E-state index contributed by atoms with van der Waals surface area (Å²) >= 11 is 0. The first-order chi connectivity index (χ1) is 19.6. The van der Waals surface area contributed by atoms with Crippen LogP contribution in [0.4, 0.5) is 0 Å². The molecular formula is C33H33N3O5. The fourth-order valence-corrected chi connectivity index (χ4v) is 6.11. The highest BCUT2D eigenvalue weighted by molar-refractivity contribution is 6.08. The number of hydrogen-bond acceptors (Lipinski definition) is 5. The van der Waals surface area contributed by atoms with E-state index in [9.17, 15) is 14.4 Å². The monoisotopic (exact) mass is 551 g/mol. The third-order valence-electron chi connectivity index (χ3n) is 7.87. The van der Waals surface area contributed by atoms with E-state index in [0.29, 0.717) is 54.0 Å². The molecule has 0 radical (unpaired) electrons. The maximum absolute atomic E-state index is 14.6. The normalized spacial score (nSPS) is 14.2. The molecule has 1 fully saturated rings. The number of carboxylic acid groups (broad SMARTS) is 1. The second-order valence-electron chi connectivity index (χ2n) is 10.7. The van der Waals surface area contributed by atoms with Crippen LogP contribution in [0.5, 0.6) is 0 Å². The van der Waals surface area contributed by atoms with Gasteiger partial charge in [-0.2, -0.15) is 0 Å². The lowest BCUT2D eigenvalue weighted by Gasteiger charge is -2.30. The third kappa shape index (κ3) is 5.13. The fraction of sp³-hybridized carbons (Fsp3) is 0.273. The maximum Gasteiger partial charge on any atom is 0.328 e. The summed E-state index contributed by atoms with van der Waals surface area (Å²) in [4.78, 5) is 39.7. The minimum Gasteiger partial charge on any atom is -0.478 e. The SMILES string of the molecule is C=CC(=O)N1CCC(c2onc(-c3c(C)cc(C)cc3C)c2C(=O)n2cc(C)c3c(/C=C/C(=O)O)cccc32)CC1. The van der Waals surface area contributed by atoms with E-state index in [1.807, 2.05) is 45.9 Å². The Kier molecular flexibility index (Phi) is 7.49. The van der Waals surface area contributed by atoms with Crippen molar-refractivity contribution in [2.75, 3.05) is 13.1 Å². The molecule has 0 atom stereocenters. The standard InChI is InChI=1S/C33H33N3O5/c1-6-26(37)35-14-12-24(13-15-35)32-30(31(34-41-32)28-20(3)16-19(2)17-21(28)4)33(40)36-18-22(5)29-23(10-11-27(38)39)8-7-9-25(29)36/h6-11,16-18,24H,1,12-15H2,2-5H3,(H,38,39)/b11-10+. The predicted octanol–water partition coefficient (Wildman–Crippen LogP) is 6.21. The number of aromatic nitrogens is 2. The summed E-state index contributed by atoms with van der Waals surface area (Å²) in [6.07, 6.45) is 7.01. The number of piperidine rings is 1. The molecule has 3 heterocycles. The van der Waals surface area contributed by atoms with Gasteiger partial charge in [0.15, 0.2) is 5.76 Å². The fourth-order valence-electron chi connectivity index (χ4n) is 6.11. The number of aliphatic carboxylic acids is 1. The highest BCUT2D eigenvalue weighted by atomic mass is 16.5. The Labute approximate surface area is 238 Å². The molecule has 2 aromatic carbocycles. The third-order valence-corrected chi connectivity index (χ3v) is 7.87. The molecule has 0 spiro atoms. The van der Waals surface area contributed by atoms with E-state index < -0.39 is 5.97 Å². The average molecular weight is 552 g/mol. The van der Waals surface area contributed by atoms with Gasteiger partial charge in [-0.05, 0) is 81.0 Å². The van der Waals surface area contributed by atoms with E-state index in [1.54, 1.807) is 21.7 Å². The number of hydrogen-bond donors (Lipinski definition) is 1. The van der Waals surface area contributed by atoms with E-state index >= 15 is 0 Å².